The first kappa shape index (κ1) is 16.9. The monoisotopic (exact) mass is 300 g/mol. The summed E-state index contributed by atoms with van der Waals surface area (Å²) >= 11 is 0. The van der Waals surface area contributed by atoms with Crippen LogP contribution in [0.25, 0.3) is 0 Å². The van der Waals surface area contributed by atoms with Gasteiger partial charge < -0.3 is 0 Å². The molecule has 2 rings (SSSR count). The van der Waals surface area contributed by atoms with Crippen molar-refractivity contribution in [2.45, 2.75) is 46.0 Å². The van der Waals surface area contributed by atoms with Crippen molar-refractivity contribution in [2.75, 3.05) is 0 Å². The average molecular weight is 300 g/mol. The minimum atomic E-state index is 0.831. The van der Waals surface area contributed by atoms with Crippen LogP contribution >= 0.6 is 0 Å². The van der Waals surface area contributed by atoms with Crippen molar-refractivity contribution in [3.05, 3.63) is 70.8 Å². The van der Waals surface area contributed by atoms with E-state index in [1.54, 1.807) is 0 Å². The van der Waals surface area contributed by atoms with Crippen LogP contribution in [0.15, 0.2) is 48.5 Å². The molecule has 0 heteroatoms. The quantitative estimate of drug-likeness (QED) is 0.515. The summed E-state index contributed by atoms with van der Waals surface area (Å²) in [7, 11) is 0. The largest absolute Gasteiger partial charge is 0.103 e. The van der Waals surface area contributed by atoms with Crippen LogP contribution in [-0.2, 0) is 6.42 Å². The van der Waals surface area contributed by atoms with Crippen molar-refractivity contribution in [1.82, 2.24) is 0 Å². The van der Waals surface area contributed by atoms with Gasteiger partial charge in [0, 0.05) is 24.0 Å². The molecular weight excluding hydrogens is 276 g/mol. The summed E-state index contributed by atoms with van der Waals surface area (Å²) in [4.78, 5) is 0. The normalized spacial score (nSPS) is 9.48. The molecule has 0 aromatic heterocycles. The predicted molar refractivity (Wildman–Crippen MR) is 99.2 cm³/mol. The Morgan fingerprint density at radius 3 is 1.96 bits per heavy atom. The summed E-state index contributed by atoms with van der Waals surface area (Å²) in [5.41, 5.74) is 4.62. The highest BCUT2D eigenvalue weighted by Crippen LogP contribution is 2.06. The van der Waals surface area contributed by atoms with Gasteiger partial charge in [0.2, 0.25) is 0 Å². The number of unbranched alkanes of at least 4 members (excludes halogenated alkanes) is 3. The highest BCUT2D eigenvalue weighted by molar-refractivity contribution is 5.44. The van der Waals surface area contributed by atoms with E-state index >= 15 is 0 Å². The molecule has 0 radical (unpaired) electrons. The van der Waals surface area contributed by atoms with E-state index in [1.165, 1.54) is 30.4 Å². The van der Waals surface area contributed by atoms with E-state index in [0.717, 1.165) is 24.0 Å². The molecule has 0 fully saturated rings. The zero-order chi connectivity index (χ0) is 16.3. The van der Waals surface area contributed by atoms with Crippen LogP contribution < -0.4 is 0 Å². The summed E-state index contributed by atoms with van der Waals surface area (Å²) in [5.74, 6) is 12.9. The van der Waals surface area contributed by atoms with Crippen molar-refractivity contribution < 1.29 is 0 Å². The molecule has 0 nitrogen and oxygen atoms in total. The van der Waals surface area contributed by atoms with E-state index in [1.807, 2.05) is 0 Å². The lowest BCUT2D eigenvalue weighted by Gasteiger charge is -1.96. The maximum Gasteiger partial charge on any atom is 0.0340 e. The minimum absolute atomic E-state index is 0.831. The topological polar surface area (TPSA) is 0 Å². The van der Waals surface area contributed by atoms with Gasteiger partial charge in [-0.25, -0.2) is 0 Å². The van der Waals surface area contributed by atoms with Crippen molar-refractivity contribution in [1.29, 1.82) is 0 Å². The van der Waals surface area contributed by atoms with Gasteiger partial charge in [0.15, 0.2) is 0 Å². The summed E-state index contributed by atoms with van der Waals surface area (Å²) < 4.78 is 0. The van der Waals surface area contributed by atoms with E-state index in [9.17, 15) is 0 Å². The molecule has 0 atom stereocenters. The van der Waals surface area contributed by atoms with Gasteiger partial charge in [0.25, 0.3) is 0 Å². The lowest BCUT2D eigenvalue weighted by molar-refractivity contribution is 0.737. The minimum Gasteiger partial charge on any atom is -0.103 e. The molecule has 0 saturated carbocycles. The zero-order valence-electron chi connectivity index (χ0n) is 14.2. The molecule has 0 N–H and O–H groups in total. The van der Waals surface area contributed by atoms with E-state index in [2.05, 4.69) is 86.1 Å². The zero-order valence-corrected chi connectivity index (χ0v) is 14.2. The Kier molecular flexibility index (Phi) is 7.03. The van der Waals surface area contributed by atoms with Gasteiger partial charge >= 0.3 is 0 Å². The summed E-state index contributed by atoms with van der Waals surface area (Å²) in [5, 5.41) is 0. The Labute approximate surface area is 141 Å². The van der Waals surface area contributed by atoms with Gasteiger partial charge in [-0.2, -0.15) is 0 Å². The highest BCUT2D eigenvalue weighted by Gasteiger charge is 1.91. The van der Waals surface area contributed by atoms with E-state index in [0.29, 0.717) is 0 Å². The van der Waals surface area contributed by atoms with Gasteiger partial charge in [-0.05, 0) is 43.2 Å². The average Bonchev–Trinajstić information content (AvgIpc) is 2.58. The lowest BCUT2D eigenvalue weighted by Crippen LogP contribution is -1.83. The Hall–Kier alpha value is -2.44. The maximum absolute atomic E-state index is 3.26. The van der Waals surface area contributed by atoms with Gasteiger partial charge in [0.1, 0.15) is 0 Å². The van der Waals surface area contributed by atoms with Crippen molar-refractivity contribution in [2.24, 2.45) is 0 Å². The van der Waals surface area contributed by atoms with Crippen molar-refractivity contribution in [3.63, 3.8) is 0 Å². The number of benzene rings is 2. The second-order valence-electron chi connectivity index (χ2n) is 5.80. The van der Waals surface area contributed by atoms with E-state index in [-0.39, 0.29) is 0 Å². The molecule has 0 aliphatic rings. The second-order valence-corrected chi connectivity index (χ2v) is 5.80. The Balaban J connectivity index is 1.88. The Bertz CT molecular complexity index is 710. The summed E-state index contributed by atoms with van der Waals surface area (Å²) in [6, 6.07) is 16.7. The van der Waals surface area contributed by atoms with Crippen LogP contribution in [0.5, 0.6) is 0 Å². The van der Waals surface area contributed by atoms with Gasteiger partial charge in [-0.1, -0.05) is 67.4 Å². The molecule has 23 heavy (non-hydrogen) atoms. The summed E-state index contributed by atoms with van der Waals surface area (Å²) in [6.45, 7) is 4.30. The first-order valence-electron chi connectivity index (χ1n) is 8.41. The van der Waals surface area contributed by atoms with E-state index < -0.39 is 0 Å². The van der Waals surface area contributed by atoms with Crippen LogP contribution in [0.2, 0.25) is 0 Å². The molecule has 2 aromatic rings. The van der Waals surface area contributed by atoms with Crippen LogP contribution in [0.3, 0.4) is 0 Å². The number of aryl methyl sites for hydroxylation is 1. The van der Waals surface area contributed by atoms with Crippen molar-refractivity contribution in [3.8, 4) is 23.7 Å². The second kappa shape index (κ2) is 9.55. The first-order chi connectivity index (χ1) is 11.3. The fraction of sp³-hybridized carbons (Fsp3) is 0.304. The molecule has 0 saturated heterocycles. The Morgan fingerprint density at radius 2 is 1.35 bits per heavy atom. The molecule has 0 spiro atoms. The van der Waals surface area contributed by atoms with Crippen LogP contribution in [-0.4, -0.2) is 0 Å². The molecule has 0 aliphatic carbocycles. The van der Waals surface area contributed by atoms with E-state index in [4.69, 9.17) is 0 Å². The van der Waals surface area contributed by atoms with Gasteiger partial charge in [-0.15, -0.1) is 5.92 Å². The van der Waals surface area contributed by atoms with Crippen LogP contribution in [0, 0.1) is 30.6 Å². The molecule has 0 heterocycles. The molecule has 0 bridgehead atoms. The highest BCUT2D eigenvalue weighted by atomic mass is 14.0. The predicted octanol–water partition coefficient (Wildman–Crippen LogP) is 5.52. The molecular formula is C23H24. The van der Waals surface area contributed by atoms with Crippen LogP contribution in [0.1, 0.15) is 54.9 Å². The third-order valence-corrected chi connectivity index (χ3v) is 3.68. The first-order valence-corrected chi connectivity index (χ1v) is 8.41. The number of hydrogen-bond donors (Lipinski definition) is 0. The smallest absolute Gasteiger partial charge is 0.0340 e. The fourth-order valence-electron chi connectivity index (χ4n) is 2.20. The number of hydrogen-bond acceptors (Lipinski definition) is 0. The number of rotatable bonds is 4. The standard InChI is InChI=1S/C23H24/c1-3-4-5-6-7-8-9-21-14-16-23(17-15-21)19-18-22-12-10-20(2)11-13-22/h10-17H,3-6,9H2,1-2H3. The SMILES string of the molecule is CCCCCC#CCc1ccc(C#Cc2ccc(C)cc2)cc1. The third-order valence-electron chi connectivity index (χ3n) is 3.68. The van der Waals surface area contributed by atoms with Gasteiger partial charge in [-0.3, -0.25) is 0 Å². The molecule has 0 amide bonds. The molecule has 2 aromatic carbocycles. The molecule has 116 valence electrons. The molecule has 0 aliphatic heterocycles. The Morgan fingerprint density at radius 1 is 0.739 bits per heavy atom. The molecule has 0 unspecified atom stereocenters. The third kappa shape index (κ3) is 6.46. The van der Waals surface area contributed by atoms with Crippen molar-refractivity contribution >= 4 is 0 Å². The van der Waals surface area contributed by atoms with Crippen LogP contribution in [0.4, 0.5) is 0 Å². The fourth-order valence-corrected chi connectivity index (χ4v) is 2.20. The summed E-state index contributed by atoms with van der Waals surface area (Å²) in [6.07, 6.45) is 5.61. The van der Waals surface area contributed by atoms with Gasteiger partial charge in [0.05, 0.1) is 0 Å². The lowest BCUT2D eigenvalue weighted by atomic mass is 10.1. The maximum atomic E-state index is 3.26.